The summed E-state index contributed by atoms with van der Waals surface area (Å²) in [6.07, 6.45) is 0.188. The molecule has 3 aromatic carbocycles. The summed E-state index contributed by atoms with van der Waals surface area (Å²) in [5.41, 5.74) is 9.98. The number of hydrogen-bond acceptors (Lipinski definition) is 5. The minimum Gasteiger partial charge on any atom is -0.458 e. The molecule has 1 aliphatic heterocycles. The van der Waals surface area contributed by atoms with E-state index in [1.807, 2.05) is 12.1 Å². The molecule has 0 radical (unpaired) electrons. The summed E-state index contributed by atoms with van der Waals surface area (Å²) in [6.45, 7) is 2.81. The van der Waals surface area contributed by atoms with Gasteiger partial charge in [-0.3, -0.25) is 4.79 Å². The van der Waals surface area contributed by atoms with Crippen LogP contribution in [-0.2, 0) is 28.9 Å². The highest BCUT2D eigenvalue weighted by Crippen LogP contribution is 2.26. The Morgan fingerprint density at radius 1 is 1.03 bits per heavy atom. The lowest BCUT2D eigenvalue weighted by atomic mass is 10.0. The van der Waals surface area contributed by atoms with Gasteiger partial charge in [0.1, 0.15) is 17.7 Å². The van der Waals surface area contributed by atoms with Gasteiger partial charge in [0, 0.05) is 30.8 Å². The molecule has 1 aliphatic rings. The standard InChI is InChI=1S/C28H29F2N3O3/c1-2-17-6-5-7-18(10-17)15-32-16-25(24(31)13-19-11-20(29)14-21(30)12-19)36-28(35)26-22-8-3-4-9-23(22)27(34)33-26/h3-12,14,24-26,32H,2,13,15-16,31H2,1H3,(H,33,34)/t24-,25?,26+/m0/s1. The fourth-order valence-electron chi connectivity index (χ4n) is 4.38. The lowest BCUT2D eigenvalue weighted by molar-refractivity contribution is -0.152. The van der Waals surface area contributed by atoms with Gasteiger partial charge in [-0.2, -0.15) is 0 Å². The van der Waals surface area contributed by atoms with Crippen molar-refractivity contribution >= 4 is 11.9 Å². The number of hydrogen-bond donors (Lipinski definition) is 3. The quantitative estimate of drug-likeness (QED) is 0.376. The van der Waals surface area contributed by atoms with E-state index < -0.39 is 35.8 Å². The van der Waals surface area contributed by atoms with E-state index in [0.29, 0.717) is 23.2 Å². The first-order chi connectivity index (χ1) is 17.3. The molecular formula is C28H29F2N3O3. The number of aryl methyl sites for hydroxylation is 1. The predicted molar refractivity (Wildman–Crippen MR) is 132 cm³/mol. The zero-order chi connectivity index (χ0) is 25.7. The second kappa shape index (κ2) is 11.4. The minimum absolute atomic E-state index is 0.0905. The molecular weight excluding hydrogens is 464 g/mol. The molecule has 0 saturated carbocycles. The van der Waals surface area contributed by atoms with Gasteiger partial charge in [-0.25, -0.2) is 13.6 Å². The van der Waals surface area contributed by atoms with Crippen LogP contribution in [0.4, 0.5) is 8.78 Å². The normalized spacial score (nSPS) is 16.2. The second-order valence-electron chi connectivity index (χ2n) is 8.92. The predicted octanol–water partition coefficient (Wildman–Crippen LogP) is 3.58. The number of benzene rings is 3. The van der Waals surface area contributed by atoms with Crippen LogP contribution in [0.1, 0.15) is 45.6 Å². The lowest BCUT2D eigenvalue weighted by Gasteiger charge is -2.26. The Kier molecular flexibility index (Phi) is 8.07. The number of nitrogens with one attached hydrogen (secondary N) is 2. The molecule has 0 bridgehead atoms. The maximum Gasteiger partial charge on any atom is 0.333 e. The number of carbonyl (C=O) groups is 2. The first-order valence-electron chi connectivity index (χ1n) is 11.9. The maximum absolute atomic E-state index is 13.7. The van der Waals surface area contributed by atoms with Crippen LogP contribution in [0, 0.1) is 11.6 Å². The van der Waals surface area contributed by atoms with Crippen molar-refractivity contribution in [2.24, 2.45) is 5.73 Å². The first kappa shape index (κ1) is 25.5. The van der Waals surface area contributed by atoms with Gasteiger partial charge in [-0.1, -0.05) is 49.4 Å². The smallest absolute Gasteiger partial charge is 0.333 e. The van der Waals surface area contributed by atoms with Crippen molar-refractivity contribution in [1.82, 2.24) is 10.6 Å². The third kappa shape index (κ3) is 6.13. The molecule has 0 fully saturated rings. The molecule has 0 aromatic heterocycles. The molecule has 1 amide bonds. The van der Waals surface area contributed by atoms with Crippen LogP contribution in [0.5, 0.6) is 0 Å². The molecule has 6 nitrogen and oxygen atoms in total. The van der Waals surface area contributed by atoms with E-state index in [9.17, 15) is 18.4 Å². The largest absolute Gasteiger partial charge is 0.458 e. The van der Waals surface area contributed by atoms with Crippen molar-refractivity contribution in [2.45, 2.75) is 44.5 Å². The SMILES string of the molecule is CCc1cccc(CNCC(OC(=O)[C@@H]2NC(=O)c3ccccc32)[C@@H](N)Cc2cc(F)cc(F)c2)c1. The van der Waals surface area contributed by atoms with Crippen molar-refractivity contribution in [1.29, 1.82) is 0 Å². The fourth-order valence-corrected chi connectivity index (χ4v) is 4.38. The Bertz CT molecular complexity index is 1230. The van der Waals surface area contributed by atoms with E-state index in [0.717, 1.165) is 18.1 Å². The number of carbonyl (C=O) groups excluding carboxylic acids is 2. The summed E-state index contributed by atoms with van der Waals surface area (Å²) in [5, 5.41) is 5.92. The Balaban J connectivity index is 1.48. The van der Waals surface area contributed by atoms with Crippen LogP contribution in [0.2, 0.25) is 0 Å². The van der Waals surface area contributed by atoms with Crippen LogP contribution in [0.15, 0.2) is 66.7 Å². The van der Waals surface area contributed by atoms with Gasteiger partial charge in [-0.15, -0.1) is 0 Å². The number of nitrogens with two attached hydrogens (primary N) is 1. The van der Waals surface area contributed by atoms with Crippen LogP contribution in [0.3, 0.4) is 0 Å². The van der Waals surface area contributed by atoms with E-state index >= 15 is 0 Å². The maximum atomic E-state index is 13.7. The summed E-state index contributed by atoms with van der Waals surface area (Å²) in [4.78, 5) is 25.4. The first-order valence-corrected chi connectivity index (χ1v) is 11.9. The summed E-state index contributed by atoms with van der Waals surface area (Å²) in [6, 6.07) is 16.4. The van der Waals surface area contributed by atoms with Crippen molar-refractivity contribution in [3.05, 3.63) is 106 Å². The molecule has 0 aliphatic carbocycles. The van der Waals surface area contributed by atoms with E-state index in [1.165, 1.54) is 17.7 Å². The highest BCUT2D eigenvalue weighted by Gasteiger charge is 2.36. The average molecular weight is 494 g/mol. The van der Waals surface area contributed by atoms with Gasteiger partial charge in [0.25, 0.3) is 5.91 Å². The Morgan fingerprint density at radius 2 is 1.75 bits per heavy atom. The highest BCUT2D eigenvalue weighted by atomic mass is 19.1. The summed E-state index contributed by atoms with van der Waals surface area (Å²) in [5.74, 6) is -2.40. The number of halogens is 2. The molecule has 4 rings (SSSR count). The molecule has 188 valence electrons. The summed E-state index contributed by atoms with van der Waals surface area (Å²) >= 11 is 0. The van der Waals surface area contributed by atoms with Gasteiger partial charge in [-0.05, 0) is 53.3 Å². The average Bonchev–Trinajstić information content (AvgIpc) is 3.19. The zero-order valence-corrected chi connectivity index (χ0v) is 20.0. The fraction of sp³-hybridized carbons (Fsp3) is 0.286. The van der Waals surface area contributed by atoms with Gasteiger partial charge in [0.15, 0.2) is 6.04 Å². The molecule has 3 atom stereocenters. The monoisotopic (exact) mass is 493 g/mol. The van der Waals surface area contributed by atoms with Crippen molar-refractivity contribution in [3.8, 4) is 0 Å². The van der Waals surface area contributed by atoms with E-state index in [4.69, 9.17) is 10.5 Å². The third-order valence-corrected chi connectivity index (χ3v) is 6.24. The molecule has 1 unspecified atom stereocenters. The molecule has 4 N–H and O–H groups in total. The molecule has 0 spiro atoms. The van der Waals surface area contributed by atoms with Gasteiger partial charge >= 0.3 is 5.97 Å². The Morgan fingerprint density at radius 3 is 2.50 bits per heavy atom. The number of fused-ring (bicyclic) bond motifs is 1. The number of ether oxygens (including phenoxy) is 1. The summed E-state index contributed by atoms with van der Waals surface area (Å²) < 4.78 is 33.2. The minimum atomic E-state index is -0.948. The summed E-state index contributed by atoms with van der Waals surface area (Å²) in [7, 11) is 0. The molecule has 8 heteroatoms. The van der Waals surface area contributed by atoms with Gasteiger partial charge in [0.2, 0.25) is 0 Å². The van der Waals surface area contributed by atoms with Gasteiger partial charge < -0.3 is 21.1 Å². The van der Waals surface area contributed by atoms with Crippen LogP contribution in [-0.4, -0.2) is 30.6 Å². The molecule has 1 heterocycles. The second-order valence-corrected chi connectivity index (χ2v) is 8.92. The molecule has 0 saturated heterocycles. The highest BCUT2D eigenvalue weighted by molar-refractivity contribution is 6.03. The van der Waals surface area contributed by atoms with Crippen molar-refractivity contribution < 1.29 is 23.1 Å². The van der Waals surface area contributed by atoms with E-state index in [-0.39, 0.29) is 18.9 Å². The van der Waals surface area contributed by atoms with Crippen LogP contribution >= 0.6 is 0 Å². The number of amides is 1. The third-order valence-electron chi connectivity index (χ3n) is 6.24. The topological polar surface area (TPSA) is 93.5 Å². The number of rotatable bonds is 10. The molecule has 36 heavy (non-hydrogen) atoms. The Hall–Kier alpha value is -3.62. The van der Waals surface area contributed by atoms with Crippen LogP contribution < -0.4 is 16.4 Å². The van der Waals surface area contributed by atoms with Gasteiger partial charge in [0.05, 0.1) is 0 Å². The van der Waals surface area contributed by atoms with Crippen molar-refractivity contribution in [2.75, 3.05) is 6.54 Å². The lowest BCUT2D eigenvalue weighted by Crippen LogP contribution is -2.47. The Labute approximate surface area is 208 Å². The molecule has 3 aromatic rings. The zero-order valence-electron chi connectivity index (χ0n) is 20.0. The van der Waals surface area contributed by atoms with Crippen LogP contribution in [0.25, 0.3) is 0 Å². The van der Waals surface area contributed by atoms with Crippen molar-refractivity contribution in [3.63, 3.8) is 0 Å². The number of esters is 1. The van der Waals surface area contributed by atoms with E-state index in [2.05, 4.69) is 29.7 Å². The van der Waals surface area contributed by atoms with E-state index in [1.54, 1.807) is 24.3 Å².